The zero-order valence-corrected chi connectivity index (χ0v) is 10.0. The Morgan fingerprint density at radius 1 is 1.12 bits per heavy atom. The molecule has 0 aliphatic heterocycles. The van der Waals surface area contributed by atoms with E-state index in [0.717, 1.165) is 5.95 Å². The van der Waals surface area contributed by atoms with Crippen molar-refractivity contribution in [1.29, 1.82) is 0 Å². The summed E-state index contributed by atoms with van der Waals surface area (Å²) in [6.07, 6.45) is 7.10. The number of rotatable bonds is 2. The molecule has 0 amide bonds. The summed E-state index contributed by atoms with van der Waals surface area (Å²) in [6.45, 7) is 4.56. The van der Waals surface area contributed by atoms with E-state index in [0.29, 0.717) is 17.9 Å². The van der Waals surface area contributed by atoms with Crippen molar-refractivity contribution in [2.45, 2.75) is 57.4 Å². The number of hydrogen-bond acceptors (Lipinski definition) is 3. The lowest BCUT2D eigenvalue weighted by Crippen LogP contribution is -2.16. The van der Waals surface area contributed by atoms with E-state index in [4.69, 9.17) is 4.98 Å². The maximum atomic E-state index is 4.70. The van der Waals surface area contributed by atoms with Crippen molar-refractivity contribution in [1.82, 2.24) is 9.97 Å². The molecule has 1 aromatic heterocycles. The monoisotopic (exact) mass is 217 g/mol. The second-order valence-corrected chi connectivity index (χ2v) is 5.33. The van der Waals surface area contributed by atoms with Crippen molar-refractivity contribution in [2.75, 3.05) is 5.32 Å². The van der Waals surface area contributed by atoms with Crippen LogP contribution in [0.15, 0.2) is 6.20 Å². The molecular formula is C13H19N3. The summed E-state index contributed by atoms with van der Waals surface area (Å²) in [6, 6.07) is 0.634. The van der Waals surface area contributed by atoms with Crippen molar-refractivity contribution in [3.63, 3.8) is 0 Å². The lowest BCUT2D eigenvalue weighted by molar-refractivity contribution is 0.512. The first-order valence-corrected chi connectivity index (χ1v) is 6.37. The van der Waals surface area contributed by atoms with E-state index in [9.17, 15) is 0 Å². The minimum atomic E-state index is 0.592. The fraction of sp³-hybridized carbons (Fsp3) is 0.692. The van der Waals surface area contributed by atoms with Gasteiger partial charge >= 0.3 is 0 Å². The molecule has 1 heterocycles. The third-order valence-corrected chi connectivity index (χ3v) is 3.79. The summed E-state index contributed by atoms with van der Waals surface area (Å²) in [5.41, 5.74) is 2.64. The second-order valence-electron chi connectivity index (χ2n) is 5.33. The van der Waals surface area contributed by atoms with E-state index in [1.54, 1.807) is 0 Å². The molecular weight excluding hydrogens is 198 g/mol. The maximum absolute atomic E-state index is 4.70. The molecule has 2 aliphatic carbocycles. The van der Waals surface area contributed by atoms with Crippen LogP contribution in [0.4, 0.5) is 5.95 Å². The molecule has 0 saturated heterocycles. The van der Waals surface area contributed by atoms with E-state index in [2.05, 4.69) is 24.1 Å². The van der Waals surface area contributed by atoms with Gasteiger partial charge in [0.05, 0.1) is 5.69 Å². The molecule has 1 aromatic rings. The molecule has 1 saturated carbocycles. The van der Waals surface area contributed by atoms with Crippen molar-refractivity contribution >= 4 is 5.95 Å². The van der Waals surface area contributed by atoms with Crippen LogP contribution in [0, 0.1) is 0 Å². The van der Waals surface area contributed by atoms with Gasteiger partial charge in [0.2, 0.25) is 5.95 Å². The fourth-order valence-corrected chi connectivity index (χ4v) is 2.45. The van der Waals surface area contributed by atoms with Crippen LogP contribution in [0.5, 0.6) is 0 Å². The normalized spacial score (nSPS) is 28.6. The predicted molar refractivity (Wildman–Crippen MR) is 64.7 cm³/mol. The van der Waals surface area contributed by atoms with Gasteiger partial charge in [0, 0.05) is 12.2 Å². The summed E-state index contributed by atoms with van der Waals surface area (Å²) in [5.74, 6) is 2.05. The highest BCUT2D eigenvalue weighted by Crippen LogP contribution is 2.37. The molecule has 16 heavy (non-hydrogen) atoms. The molecule has 86 valence electrons. The molecule has 3 heteroatoms. The number of hydrogen-bond donors (Lipinski definition) is 1. The Balaban J connectivity index is 1.91. The van der Waals surface area contributed by atoms with E-state index in [1.807, 2.05) is 6.20 Å². The Bertz CT molecular complexity index is 398. The topological polar surface area (TPSA) is 37.8 Å². The van der Waals surface area contributed by atoms with Gasteiger partial charge in [0.15, 0.2) is 0 Å². The van der Waals surface area contributed by atoms with Gasteiger partial charge < -0.3 is 5.32 Å². The molecule has 1 fully saturated rings. The second kappa shape index (κ2) is 3.72. The van der Waals surface area contributed by atoms with Crippen molar-refractivity contribution in [2.24, 2.45) is 0 Å². The number of aromatic nitrogens is 2. The van der Waals surface area contributed by atoms with Gasteiger partial charge in [0.1, 0.15) is 0 Å². The average Bonchev–Trinajstić information content (AvgIpc) is 3.08. The summed E-state index contributed by atoms with van der Waals surface area (Å²) in [4.78, 5) is 9.14. The number of fused-ring (bicyclic) bond motifs is 1. The summed E-state index contributed by atoms with van der Waals surface area (Å²) in [5, 5.41) is 3.38. The van der Waals surface area contributed by atoms with Crippen LogP contribution in [0.3, 0.4) is 0 Å². The van der Waals surface area contributed by atoms with Crippen molar-refractivity contribution in [3.8, 4) is 0 Å². The van der Waals surface area contributed by atoms with Crippen LogP contribution in [-0.4, -0.2) is 16.0 Å². The highest BCUT2D eigenvalue weighted by molar-refractivity contribution is 5.36. The van der Waals surface area contributed by atoms with Crippen LogP contribution in [-0.2, 0) is 0 Å². The lowest BCUT2D eigenvalue weighted by Gasteiger charge is -2.26. The Morgan fingerprint density at radius 3 is 2.62 bits per heavy atom. The van der Waals surface area contributed by atoms with E-state index in [1.165, 1.54) is 36.9 Å². The number of nitrogens with zero attached hydrogens (tertiary/aromatic N) is 2. The van der Waals surface area contributed by atoms with Gasteiger partial charge in [0.25, 0.3) is 0 Å². The Labute approximate surface area is 96.7 Å². The maximum Gasteiger partial charge on any atom is 0.223 e. The molecule has 0 radical (unpaired) electrons. The molecule has 0 bridgehead atoms. The van der Waals surface area contributed by atoms with Crippen molar-refractivity contribution < 1.29 is 0 Å². The lowest BCUT2D eigenvalue weighted by atomic mass is 9.82. The molecule has 0 spiro atoms. The first kappa shape index (κ1) is 10.1. The predicted octanol–water partition coefficient (Wildman–Crippen LogP) is 3.05. The Kier molecular flexibility index (Phi) is 2.34. The molecule has 2 aliphatic rings. The summed E-state index contributed by atoms with van der Waals surface area (Å²) in [7, 11) is 0. The minimum Gasteiger partial charge on any atom is -0.351 e. The highest BCUT2D eigenvalue weighted by Gasteiger charge is 2.26. The molecule has 1 N–H and O–H groups in total. The number of anilines is 1. The van der Waals surface area contributed by atoms with Gasteiger partial charge in [-0.25, -0.2) is 9.97 Å². The van der Waals surface area contributed by atoms with Crippen LogP contribution < -0.4 is 5.32 Å². The standard InChI is InChI=1S/C13H19N3/c1-8-3-4-9(2)12-11(8)7-14-13(16-12)15-10-5-6-10/h7-10H,3-6H2,1-2H3,(H,14,15,16). The van der Waals surface area contributed by atoms with E-state index < -0.39 is 0 Å². The average molecular weight is 217 g/mol. The molecule has 3 nitrogen and oxygen atoms in total. The molecule has 2 atom stereocenters. The Hall–Kier alpha value is -1.12. The summed E-state index contributed by atoms with van der Waals surface area (Å²) >= 11 is 0. The van der Waals surface area contributed by atoms with Crippen molar-refractivity contribution in [3.05, 3.63) is 17.5 Å². The summed E-state index contributed by atoms with van der Waals surface area (Å²) < 4.78 is 0. The fourth-order valence-electron chi connectivity index (χ4n) is 2.45. The van der Waals surface area contributed by atoms with Crippen LogP contribution in [0.2, 0.25) is 0 Å². The largest absolute Gasteiger partial charge is 0.351 e. The van der Waals surface area contributed by atoms with Crippen LogP contribution in [0.1, 0.15) is 62.6 Å². The smallest absolute Gasteiger partial charge is 0.223 e. The molecule has 2 unspecified atom stereocenters. The van der Waals surface area contributed by atoms with Gasteiger partial charge in [-0.05, 0) is 43.1 Å². The number of nitrogens with one attached hydrogen (secondary N) is 1. The zero-order valence-electron chi connectivity index (χ0n) is 10.0. The quantitative estimate of drug-likeness (QED) is 0.827. The molecule has 0 aromatic carbocycles. The first-order chi connectivity index (χ1) is 7.74. The first-order valence-electron chi connectivity index (χ1n) is 6.37. The Morgan fingerprint density at radius 2 is 1.88 bits per heavy atom. The van der Waals surface area contributed by atoms with E-state index in [-0.39, 0.29) is 0 Å². The van der Waals surface area contributed by atoms with Crippen LogP contribution >= 0.6 is 0 Å². The van der Waals surface area contributed by atoms with Crippen LogP contribution in [0.25, 0.3) is 0 Å². The van der Waals surface area contributed by atoms with Gasteiger partial charge in [-0.15, -0.1) is 0 Å². The highest BCUT2D eigenvalue weighted by atomic mass is 15.1. The van der Waals surface area contributed by atoms with Gasteiger partial charge in [-0.2, -0.15) is 0 Å². The third kappa shape index (κ3) is 1.79. The van der Waals surface area contributed by atoms with Gasteiger partial charge in [-0.3, -0.25) is 0 Å². The minimum absolute atomic E-state index is 0.592. The SMILES string of the molecule is CC1CCC(C)c2nc(NC3CC3)ncc21. The van der Waals surface area contributed by atoms with E-state index >= 15 is 0 Å². The zero-order chi connectivity index (χ0) is 11.1. The third-order valence-electron chi connectivity index (χ3n) is 3.79. The molecule has 3 rings (SSSR count). The van der Waals surface area contributed by atoms with Gasteiger partial charge in [-0.1, -0.05) is 13.8 Å².